The summed E-state index contributed by atoms with van der Waals surface area (Å²) in [6.07, 6.45) is 3.08. The summed E-state index contributed by atoms with van der Waals surface area (Å²) >= 11 is 2.18. The fraction of sp³-hybridized carbons (Fsp3) is 0.417. The first-order chi connectivity index (χ1) is 7.56. The van der Waals surface area contributed by atoms with Crippen LogP contribution in [0.3, 0.4) is 0 Å². The third-order valence-electron chi connectivity index (χ3n) is 2.80. The minimum Gasteiger partial charge on any atom is -0.341 e. The predicted octanol–water partition coefficient (Wildman–Crippen LogP) is 1.22. The Morgan fingerprint density at radius 1 is 1.62 bits per heavy atom. The highest BCUT2D eigenvalue weighted by molar-refractivity contribution is 14.1. The van der Waals surface area contributed by atoms with Crippen LogP contribution < -0.4 is 16.0 Å². The molecule has 0 unspecified atom stereocenters. The lowest BCUT2D eigenvalue weighted by molar-refractivity contribution is 0.587. The molecule has 2 atom stereocenters. The van der Waals surface area contributed by atoms with Gasteiger partial charge in [-0.25, -0.2) is 4.98 Å². The number of aromatic amines is 1. The van der Waals surface area contributed by atoms with Gasteiger partial charge in [0.2, 0.25) is 0 Å². The first-order valence-corrected chi connectivity index (χ1v) is 6.48. The van der Waals surface area contributed by atoms with Crippen molar-refractivity contribution in [1.29, 1.82) is 0 Å². The molecule has 3 nitrogen and oxygen atoms in total. The van der Waals surface area contributed by atoms with Crippen molar-refractivity contribution in [3.05, 3.63) is 26.7 Å². The Hall–Kier alpha value is -0.620. The van der Waals surface area contributed by atoms with Crippen molar-refractivity contribution < 1.29 is 0 Å². The van der Waals surface area contributed by atoms with Crippen LogP contribution in [0.4, 0.5) is 0 Å². The number of allylic oxidation sites excluding steroid dienone is 1. The topological polar surface area (TPSA) is 40.7 Å². The number of hydrogen-bond donors (Lipinski definition) is 2. The highest BCUT2D eigenvalue weighted by atomic mass is 127. The molecule has 0 aliphatic carbocycles. The molecular weight excluding hydrogens is 313 g/mol. The summed E-state index contributed by atoms with van der Waals surface area (Å²) in [5.74, 6) is 1.72. The molecular formula is C12H16IN3. The molecule has 86 valence electrons. The summed E-state index contributed by atoms with van der Waals surface area (Å²) < 4.78 is 0.966. The van der Waals surface area contributed by atoms with Crippen LogP contribution in [-0.2, 0) is 0 Å². The standard InChI is InChI=1S/C12H16IN3/c1-7-4-11(14-6-7)12-15-9(3)10(16-12)5-8(2)13/h5,7,11,14H,2-4,6H2,1H3,(H,15,16)/b10-5+/t7-,11-/m0/s1. The van der Waals surface area contributed by atoms with Crippen molar-refractivity contribution in [3.63, 3.8) is 0 Å². The van der Waals surface area contributed by atoms with Gasteiger partial charge < -0.3 is 10.3 Å². The summed E-state index contributed by atoms with van der Waals surface area (Å²) in [5, 5.41) is 5.23. The van der Waals surface area contributed by atoms with Gasteiger partial charge in [0.25, 0.3) is 0 Å². The predicted molar refractivity (Wildman–Crippen MR) is 75.5 cm³/mol. The van der Waals surface area contributed by atoms with E-state index in [1.54, 1.807) is 0 Å². The highest BCUT2D eigenvalue weighted by Gasteiger charge is 2.23. The molecule has 1 aromatic rings. The average molecular weight is 329 g/mol. The monoisotopic (exact) mass is 329 g/mol. The average Bonchev–Trinajstić information content (AvgIpc) is 2.74. The van der Waals surface area contributed by atoms with Crippen LogP contribution in [0.1, 0.15) is 25.2 Å². The van der Waals surface area contributed by atoms with Gasteiger partial charge in [-0.05, 0) is 47.6 Å². The molecule has 1 aliphatic heterocycles. The van der Waals surface area contributed by atoms with Crippen LogP contribution in [0.25, 0.3) is 12.7 Å². The lowest BCUT2D eigenvalue weighted by Gasteiger charge is -2.04. The van der Waals surface area contributed by atoms with E-state index >= 15 is 0 Å². The zero-order valence-corrected chi connectivity index (χ0v) is 11.5. The molecule has 16 heavy (non-hydrogen) atoms. The molecule has 0 amide bonds. The van der Waals surface area contributed by atoms with Gasteiger partial charge in [0.15, 0.2) is 0 Å². The normalized spacial score (nSPS) is 26.2. The van der Waals surface area contributed by atoms with E-state index in [-0.39, 0.29) is 0 Å². The summed E-state index contributed by atoms with van der Waals surface area (Å²) in [4.78, 5) is 7.82. The molecule has 0 bridgehead atoms. The van der Waals surface area contributed by atoms with Crippen LogP contribution in [-0.4, -0.2) is 16.5 Å². The first-order valence-electron chi connectivity index (χ1n) is 5.40. The maximum atomic E-state index is 4.56. The van der Waals surface area contributed by atoms with E-state index < -0.39 is 0 Å². The van der Waals surface area contributed by atoms with Gasteiger partial charge in [-0.1, -0.05) is 20.1 Å². The quantitative estimate of drug-likeness (QED) is 0.801. The molecule has 4 heteroatoms. The summed E-state index contributed by atoms with van der Waals surface area (Å²) in [5.41, 5.74) is 0. The highest BCUT2D eigenvalue weighted by Crippen LogP contribution is 2.22. The van der Waals surface area contributed by atoms with Gasteiger partial charge in [0.1, 0.15) is 5.82 Å². The van der Waals surface area contributed by atoms with Gasteiger partial charge in [0, 0.05) is 3.58 Å². The minimum absolute atomic E-state index is 0.347. The fourth-order valence-corrected chi connectivity index (χ4v) is 2.29. The van der Waals surface area contributed by atoms with Gasteiger partial charge in [-0.2, -0.15) is 0 Å². The van der Waals surface area contributed by atoms with E-state index in [1.165, 1.54) is 0 Å². The lowest BCUT2D eigenvalue weighted by Crippen LogP contribution is -2.22. The Kier molecular flexibility index (Phi) is 3.49. The Bertz CT molecular complexity index is 503. The third kappa shape index (κ3) is 2.55. The second-order valence-corrected chi connectivity index (χ2v) is 5.76. The van der Waals surface area contributed by atoms with E-state index in [0.717, 1.165) is 39.0 Å². The summed E-state index contributed by atoms with van der Waals surface area (Å²) in [6.45, 7) is 11.1. The van der Waals surface area contributed by atoms with Crippen LogP contribution >= 0.6 is 22.6 Å². The molecule has 1 saturated heterocycles. The number of nitrogens with one attached hydrogen (secondary N) is 2. The molecule has 1 fully saturated rings. The lowest BCUT2D eigenvalue weighted by atomic mass is 10.1. The van der Waals surface area contributed by atoms with Crippen LogP contribution in [0, 0.1) is 5.92 Å². The van der Waals surface area contributed by atoms with Crippen molar-refractivity contribution in [2.24, 2.45) is 5.92 Å². The molecule has 0 radical (unpaired) electrons. The molecule has 2 heterocycles. The number of halogens is 1. The van der Waals surface area contributed by atoms with Gasteiger partial charge >= 0.3 is 0 Å². The van der Waals surface area contributed by atoms with E-state index in [9.17, 15) is 0 Å². The van der Waals surface area contributed by atoms with Crippen LogP contribution in [0.5, 0.6) is 0 Å². The van der Waals surface area contributed by atoms with Crippen molar-refractivity contribution in [1.82, 2.24) is 15.3 Å². The first kappa shape index (κ1) is 11.9. The van der Waals surface area contributed by atoms with Gasteiger partial charge in [-0.15, -0.1) is 0 Å². The second kappa shape index (κ2) is 4.71. The Morgan fingerprint density at radius 3 is 2.94 bits per heavy atom. The third-order valence-corrected chi connectivity index (χ3v) is 3.11. The Balaban J connectivity index is 2.31. The molecule has 2 rings (SSSR count). The van der Waals surface area contributed by atoms with Crippen molar-refractivity contribution in [2.75, 3.05) is 6.54 Å². The van der Waals surface area contributed by atoms with Crippen molar-refractivity contribution in [3.8, 4) is 0 Å². The Labute approximate surface area is 109 Å². The zero-order valence-electron chi connectivity index (χ0n) is 9.39. The number of aromatic nitrogens is 2. The number of rotatable bonds is 2. The van der Waals surface area contributed by atoms with Gasteiger partial charge in [-0.3, -0.25) is 0 Å². The van der Waals surface area contributed by atoms with Crippen molar-refractivity contribution >= 4 is 35.2 Å². The van der Waals surface area contributed by atoms with Gasteiger partial charge in [0.05, 0.1) is 16.7 Å². The largest absolute Gasteiger partial charge is 0.341 e. The summed E-state index contributed by atoms with van der Waals surface area (Å²) in [7, 11) is 0. The maximum absolute atomic E-state index is 4.56. The molecule has 0 aromatic carbocycles. The Morgan fingerprint density at radius 2 is 2.38 bits per heavy atom. The second-order valence-electron chi connectivity index (χ2n) is 4.38. The minimum atomic E-state index is 0.347. The number of imidazole rings is 1. The maximum Gasteiger partial charge on any atom is 0.124 e. The summed E-state index contributed by atoms with van der Waals surface area (Å²) in [6, 6.07) is 0.347. The molecule has 0 saturated carbocycles. The molecule has 1 aliphatic rings. The zero-order chi connectivity index (χ0) is 11.7. The van der Waals surface area contributed by atoms with Crippen LogP contribution in [0.2, 0.25) is 0 Å². The molecule has 2 N–H and O–H groups in total. The molecule has 0 spiro atoms. The number of nitrogens with zero attached hydrogens (tertiary/aromatic N) is 1. The van der Waals surface area contributed by atoms with E-state index in [4.69, 9.17) is 0 Å². The van der Waals surface area contributed by atoms with Crippen LogP contribution in [0.15, 0.2) is 10.2 Å². The van der Waals surface area contributed by atoms with Crippen molar-refractivity contribution in [2.45, 2.75) is 19.4 Å². The number of H-pyrrole nitrogens is 1. The molecule has 1 aromatic heterocycles. The fourth-order valence-electron chi connectivity index (χ4n) is 2.00. The van der Waals surface area contributed by atoms with E-state index in [0.29, 0.717) is 6.04 Å². The SMILES string of the molecule is C=C(I)/C=c1/nc([C@@H]2C[C@H](C)CN2)[nH]c1=C. The van der Waals surface area contributed by atoms with E-state index in [2.05, 4.69) is 58.0 Å². The van der Waals surface area contributed by atoms with E-state index in [1.807, 2.05) is 6.08 Å². The smallest absolute Gasteiger partial charge is 0.124 e. The number of hydrogen-bond acceptors (Lipinski definition) is 2.